The number of hydrogen-bond acceptors (Lipinski definition) is 6. The molecule has 2 fully saturated rings. The van der Waals surface area contributed by atoms with E-state index in [2.05, 4.69) is 44.1 Å². The summed E-state index contributed by atoms with van der Waals surface area (Å²) in [5.41, 5.74) is 2.40. The maximum atomic E-state index is 12.8. The summed E-state index contributed by atoms with van der Waals surface area (Å²) in [5, 5.41) is 6.63. The first-order valence-electron chi connectivity index (χ1n) is 12.2. The number of carbonyl (C=O) groups is 2. The van der Waals surface area contributed by atoms with Gasteiger partial charge in [-0.05, 0) is 75.8 Å². The number of imidazole rings is 1. The normalized spacial score (nSPS) is 18.1. The van der Waals surface area contributed by atoms with Gasteiger partial charge in [0.2, 0.25) is 0 Å². The van der Waals surface area contributed by atoms with Crippen molar-refractivity contribution in [1.82, 2.24) is 25.5 Å². The monoisotopic (exact) mass is 457 g/mol. The topological polar surface area (TPSA) is 99.4 Å². The molecule has 2 aromatic rings. The van der Waals surface area contributed by atoms with Crippen LogP contribution in [0.1, 0.15) is 61.6 Å². The fourth-order valence-corrected chi connectivity index (χ4v) is 4.64. The number of amides is 1. The van der Waals surface area contributed by atoms with Gasteiger partial charge in [0.25, 0.3) is 12.4 Å². The molecule has 0 saturated carbocycles. The Morgan fingerprint density at radius 3 is 2.55 bits per heavy atom. The Bertz CT molecular complexity index is 883. The minimum absolute atomic E-state index is 0.00505. The number of carbonyl (C=O) groups excluding carboxylic acids is 2. The van der Waals surface area contributed by atoms with Crippen molar-refractivity contribution in [3.63, 3.8) is 0 Å². The molecule has 3 heterocycles. The first kappa shape index (κ1) is 25.2. The van der Waals surface area contributed by atoms with Crippen LogP contribution >= 0.6 is 0 Å². The van der Waals surface area contributed by atoms with Crippen LogP contribution in [0.4, 0.5) is 0 Å². The molecule has 1 aromatic carbocycles. The number of methoxy groups -OCH3 is 1. The number of piperidine rings is 2. The second-order valence-electron chi connectivity index (χ2n) is 9.46. The molecule has 0 atom stereocenters. The van der Waals surface area contributed by atoms with E-state index >= 15 is 0 Å². The molecule has 8 nitrogen and oxygen atoms in total. The maximum absolute atomic E-state index is 12.8. The van der Waals surface area contributed by atoms with Crippen LogP contribution in [0.15, 0.2) is 18.2 Å². The van der Waals surface area contributed by atoms with Crippen molar-refractivity contribution >= 4 is 23.4 Å². The van der Waals surface area contributed by atoms with Crippen molar-refractivity contribution in [3.05, 3.63) is 29.6 Å². The highest BCUT2D eigenvalue weighted by molar-refractivity contribution is 6.04. The maximum Gasteiger partial charge on any atom is 0.292 e. The molecule has 0 unspecified atom stereocenters. The number of H-pyrrole nitrogens is 1. The lowest BCUT2D eigenvalue weighted by molar-refractivity contribution is -0.126. The van der Waals surface area contributed by atoms with Crippen LogP contribution in [-0.2, 0) is 9.53 Å². The molecule has 2 saturated heterocycles. The summed E-state index contributed by atoms with van der Waals surface area (Å²) in [7, 11) is 1.31. The number of nitrogens with zero attached hydrogens (tertiary/aromatic N) is 2. The highest BCUT2D eigenvalue weighted by Crippen LogP contribution is 2.22. The zero-order chi connectivity index (χ0) is 23.6. The van der Waals surface area contributed by atoms with Gasteiger partial charge < -0.3 is 25.3 Å². The molecule has 4 rings (SSSR count). The molecule has 33 heavy (non-hydrogen) atoms. The summed E-state index contributed by atoms with van der Waals surface area (Å²) in [6, 6.07) is 5.80. The number of hydrogen-bond donors (Lipinski definition) is 3. The van der Waals surface area contributed by atoms with Crippen molar-refractivity contribution in [2.24, 2.45) is 11.8 Å². The molecule has 8 heteroatoms. The van der Waals surface area contributed by atoms with E-state index in [1.54, 1.807) is 0 Å². The van der Waals surface area contributed by atoms with Gasteiger partial charge >= 0.3 is 0 Å². The molecular weight excluding hydrogens is 418 g/mol. The van der Waals surface area contributed by atoms with Crippen LogP contribution in [0.2, 0.25) is 0 Å². The van der Waals surface area contributed by atoms with E-state index in [0.29, 0.717) is 23.9 Å². The number of likely N-dealkylation sites (tertiary alicyclic amines) is 1. The zero-order valence-electron chi connectivity index (χ0n) is 20.2. The number of fused-ring (bicyclic) bond motifs is 1. The van der Waals surface area contributed by atoms with Crippen molar-refractivity contribution in [2.45, 2.75) is 45.4 Å². The van der Waals surface area contributed by atoms with E-state index in [1.807, 2.05) is 18.2 Å². The summed E-state index contributed by atoms with van der Waals surface area (Å²) in [6.07, 6.45) is 4.98. The van der Waals surface area contributed by atoms with Gasteiger partial charge in [-0.3, -0.25) is 9.59 Å². The van der Waals surface area contributed by atoms with Crippen LogP contribution in [0.25, 0.3) is 11.0 Å². The van der Waals surface area contributed by atoms with Gasteiger partial charge in [-0.1, -0.05) is 19.9 Å². The highest BCUT2D eigenvalue weighted by Gasteiger charge is 2.23. The second-order valence-corrected chi connectivity index (χ2v) is 9.46. The van der Waals surface area contributed by atoms with E-state index in [-0.39, 0.29) is 5.91 Å². The van der Waals surface area contributed by atoms with Crippen LogP contribution in [0.5, 0.6) is 0 Å². The molecule has 0 radical (unpaired) electrons. The number of para-hydroxylation sites is 1. The molecule has 3 N–H and O–H groups in total. The van der Waals surface area contributed by atoms with Crippen molar-refractivity contribution < 1.29 is 14.3 Å². The fourth-order valence-electron chi connectivity index (χ4n) is 4.64. The third-order valence-electron chi connectivity index (χ3n) is 6.65. The lowest BCUT2D eigenvalue weighted by Crippen LogP contribution is -2.42. The van der Waals surface area contributed by atoms with E-state index in [0.717, 1.165) is 42.4 Å². The minimum atomic E-state index is -0.00505. The predicted octanol–water partition coefficient (Wildman–Crippen LogP) is 2.92. The smallest absolute Gasteiger partial charge is 0.292 e. The Morgan fingerprint density at radius 2 is 1.91 bits per heavy atom. The lowest BCUT2D eigenvalue weighted by atomic mass is 9.93. The van der Waals surface area contributed by atoms with E-state index in [4.69, 9.17) is 4.79 Å². The fraction of sp³-hybridized carbons (Fsp3) is 0.640. The van der Waals surface area contributed by atoms with Gasteiger partial charge in [-0.25, -0.2) is 4.98 Å². The summed E-state index contributed by atoms with van der Waals surface area (Å²) in [5.74, 6) is 2.68. The lowest BCUT2D eigenvalue weighted by Gasteiger charge is -2.35. The van der Waals surface area contributed by atoms with Gasteiger partial charge in [-0.15, -0.1) is 0 Å². The molecular formula is C25H39N5O3. The third kappa shape index (κ3) is 7.27. The molecule has 0 spiro atoms. The van der Waals surface area contributed by atoms with Gasteiger partial charge in [-0.2, -0.15) is 0 Å². The first-order valence-corrected chi connectivity index (χ1v) is 12.2. The summed E-state index contributed by atoms with van der Waals surface area (Å²) in [6.45, 7) is 11.3. The average molecular weight is 458 g/mol. The Balaban J connectivity index is 0.000000709. The summed E-state index contributed by atoms with van der Waals surface area (Å²) in [4.78, 5) is 32.4. The summed E-state index contributed by atoms with van der Waals surface area (Å²) < 4.78 is 3.86. The van der Waals surface area contributed by atoms with Crippen LogP contribution < -0.4 is 10.6 Å². The van der Waals surface area contributed by atoms with E-state index < -0.39 is 0 Å². The van der Waals surface area contributed by atoms with Gasteiger partial charge in [0.1, 0.15) is 11.3 Å². The Kier molecular flexibility index (Phi) is 9.69. The largest absolute Gasteiger partial charge is 0.471 e. The average Bonchev–Trinajstić information content (AvgIpc) is 3.29. The number of nitrogens with one attached hydrogen (secondary N) is 3. The SMILES string of the molecule is CC(C)c1nc2c(C(=O)NCC3CCN(CC4CCNCC4)CC3)cccc2[nH]1.COC=O. The minimum Gasteiger partial charge on any atom is -0.471 e. The molecule has 2 aliphatic heterocycles. The number of ether oxygens (including phenoxy) is 1. The third-order valence-corrected chi connectivity index (χ3v) is 6.65. The quantitative estimate of drug-likeness (QED) is 0.553. The molecule has 0 aliphatic carbocycles. The Hall–Kier alpha value is -2.45. The number of aromatic amines is 1. The number of aromatic nitrogens is 2. The van der Waals surface area contributed by atoms with Crippen molar-refractivity contribution in [2.75, 3.05) is 46.4 Å². The van der Waals surface area contributed by atoms with Crippen LogP contribution in [0, 0.1) is 11.8 Å². The second kappa shape index (κ2) is 12.7. The van der Waals surface area contributed by atoms with Crippen LogP contribution in [-0.4, -0.2) is 73.6 Å². The Morgan fingerprint density at radius 1 is 1.21 bits per heavy atom. The van der Waals surface area contributed by atoms with Gasteiger partial charge in [0.15, 0.2) is 0 Å². The van der Waals surface area contributed by atoms with E-state index in [9.17, 15) is 4.79 Å². The van der Waals surface area contributed by atoms with Gasteiger partial charge in [0, 0.05) is 19.0 Å². The molecule has 0 bridgehead atoms. The number of benzene rings is 1. The summed E-state index contributed by atoms with van der Waals surface area (Å²) >= 11 is 0. The highest BCUT2D eigenvalue weighted by atomic mass is 16.5. The predicted molar refractivity (Wildman–Crippen MR) is 130 cm³/mol. The number of rotatable bonds is 7. The van der Waals surface area contributed by atoms with Crippen molar-refractivity contribution in [3.8, 4) is 0 Å². The standard InChI is InChI=1S/C23H35N5O.C2H4O2/c1-16(2)22-26-20-5-3-4-19(21(20)27-22)23(29)25-14-17-8-12-28(13-9-17)15-18-6-10-24-11-7-18;1-4-2-3/h3-5,16-18,24H,6-15H2,1-2H3,(H,25,29)(H,26,27);2H,1H3. The van der Waals surface area contributed by atoms with Crippen LogP contribution in [0.3, 0.4) is 0 Å². The van der Waals surface area contributed by atoms with E-state index in [1.165, 1.54) is 52.4 Å². The first-order chi connectivity index (χ1) is 16.0. The van der Waals surface area contributed by atoms with Gasteiger partial charge in [0.05, 0.1) is 18.2 Å². The zero-order valence-corrected chi connectivity index (χ0v) is 20.2. The van der Waals surface area contributed by atoms with Crippen molar-refractivity contribution in [1.29, 1.82) is 0 Å². The molecule has 1 aromatic heterocycles. The molecule has 1 amide bonds. The molecule has 2 aliphatic rings. The molecule has 182 valence electrons. The Labute approximate surface area is 196 Å².